The summed E-state index contributed by atoms with van der Waals surface area (Å²) >= 11 is 5.53. The van der Waals surface area contributed by atoms with Crippen LogP contribution in [0.25, 0.3) is 0 Å². The molecule has 148 valence electrons. The molecule has 0 saturated carbocycles. The van der Waals surface area contributed by atoms with Crippen molar-refractivity contribution in [3.05, 3.63) is 23.8 Å². The van der Waals surface area contributed by atoms with Gasteiger partial charge in [-0.3, -0.25) is 4.79 Å². The van der Waals surface area contributed by atoms with Crippen LogP contribution in [-0.4, -0.2) is 75.7 Å². The van der Waals surface area contributed by atoms with Gasteiger partial charge in [0.1, 0.15) is 0 Å². The van der Waals surface area contributed by atoms with Gasteiger partial charge in [0, 0.05) is 20.2 Å². The van der Waals surface area contributed by atoms with Crippen LogP contribution in [0.5, 0.6) is 11.5 Å². The predicted molar refractivity (Wildman–Crippen MR) is 104 cm³/mol. The number of rotatable bonds is 7. The third-order valence-corrected chi connectivity index (χ3v) is 5.08. The Kier molecular flexibility index (Phi) is 7.08. The Morgan fingerprint density at radius 2 is 2.04 bits per heavy atom. The zero-order valence-electron chi connectivity index (χ0n) is 15.6. The minimum Gasteiger partial charge on any atom is -0.454 e. The molecule has 1 saturated heterocycles. The molecule has 2 aliphatic rings. The number of thiocarbonyl (C=S) groups is 1. The molecule has 0 atom stereocenters. The number of nitrogens with zero attached hydrogens (tertiary/aromatic N) is 1. The van der Waals surface area contributed by atoms with Crippen LogP contribution < -0.4 is 25.0 Å². The van der Waals surface area contributed by atoms with Crippen molar-refractivity contribution >= 4 is 23.2 Å². The number of quaternary nitrogens is 1. The van der Waals surface area contributed by atoms with Gasteiger partial charge in [0.25, 0.3) is 5.91 Å². The third kappa shape index (κ3) is 5.69. The summed E-state index contributed by atoms with van der Waals surface area (Å²) in [5.41, 5.74) is 1.10. The SMILES string of the molecule is COCCNC(=O)C[NH+]1CCN(C(=S)NCc2ccc3c(c2)OCO3)CC1. The van der Waals surface area contributed by atoms with E-state index >= 15 is 0 Å². The molecule has 1 amide bonds. The maximum atomic E-state index is 11.9. The van der Waals surface area contributed by atoms with E-state index in [1.165, 1.54) is 4.90 Å². The van der Waals surface area contributed by atoms with Crippen LogP contribution in [0.4, 0.5) is 0 Å². The van der Waals surface area contributed by atoms with Crippen LogP contribution in [0.1, 0.15) is 5.56 Å². The molecule has 0 aliphatic carbocycles. The van der Waals surface area contributed by atoms with Crippen molar-refractivity contribution in [2.75, 3.05) is 59.8 Å². The van der Waals surface area contributed by atoms with Gasteiger partial charge in [0.15, 0.2) is 23.2 Å². The maximum Gasteiger partial charge on any atom is 0.275 e. The lowest BCUT2D eigenvalue weighted by molar-refractivity contribution is -0.895. The number of hydrogen-bond donors (Lipinski definition) is 3. The molecule has 1 fully saturated rings. The first-order valence-electron chi connectivity index (χ1n) is 9.16. The van der Waals surface area contributed by atoms with Gasteiger partial charge in [-0.1, -0.05) is 6.07 Å². The van der Waals surface area contributed by atoms with Crippen molar-refractivity contribution < 1.29 is 23.9 Å². The molecule has 0 spiro atoms. The van der Waals surface area contributed by atoms with Crippen LogP contribution in [-0.2, 0) is 16.1 Å². The lowest BCUT2D eigenvalue weighted by atomic mass is 10.2. The average Bonchev–Trinajstić information content (AvgIpc) is 3.15. The molecular formula is C18H27N4O4S+. The van der Waals surface area contributed by atoms with Gasteiger partial charge in [-0.2, -0.15) is 0 Å². The van der Waals surface area contributed by atoms with Crippen LogP contribution in [0.15, 0.2) is 18.2 Å². The Labute approximate surface area is 164 Å². The lowest BCUT2D eigenvalue weighted by Crippen LogP contribution is -3.16. The number of nitrogens with one attached hydrogen (secondary N) is 3. The summed E-state index contributed by atoms with van der Waals surface area (Å²) in [6.45, 7) is 5.98. The largest absolute Gasteiger partial charge is 0.454 e. The van der Waals surface area contributed by atoms with Crippen molar-refractivity contribution in [2.45, 2.75) is 6.54 Å². The predicted octanol–water partition coefficient (Wildman–Crippen LogP) is -1.25. The topological polar surface area (TPSA) is 76.5 Å². The maximum absolute atomic E-state index is 11.9. The average molecular weight is 396 g/mol. The quantitative estimate of drug-likeness (QED) is 0.394. The molecule has 1 aromatic rings. The first kappa shape index (κ1) is 19.7. The van der Waals surface area contributed by atoms with Gasteiger partial charge >= 0.3 is 0 Å². The third-order valence-electron chi connectivity index (χ3n) is 4.68. The van der Waals surface area contributed by atoms with Crippen LogP contribution in [0.3, 0.4) is 0 Å². The molecule has 1 aromatic carbocycles. The summed E-state index contributed by atoms with van der Waals surface area (Å²) in [6.07, 6.45) is 0. The van der Waals surface area contributed by atoms with Crippen molar-refractivity contribution in [3.63, 3.8) is 0 Å². The van der Waals surface area contributed by atoms with Crippen LogP contribution in [0.2, 0.25) is 0 Å². The molecule has 3 rings (SSSR count). The fourth-order valence-electron chi connectivity index (χ4n) is 3.13. The Hall–Kier alpha value is -2.10. The van der Waals surface area contributed by atoms with E-state index in [4.69, 9.17) is 26.4 Å². The zero-order chi connectivity index (χ0) is 19.1. The summed E-state index contributed by atoms with van der Waals surface area (Å²) in [4.78, 5) is 15.3. The number of ether oxygens (including phenoxy) is 3. The number of benzene rings is 1. The molecule has 2 aliphatic heterocycles. The molecule has 27 heavy (non-hydrogen) atoms. The highest BCUT2D eigenvalue weighted by molar-refractivity contribution is 7.80. The minimum absolute atomic E-state index is 0.0685. The number of amides is 1. The van der Waals surface area contributed by atoms with E-state index in [0.717, 1.165) is 48.4 Å². The van der Waals surface area contributed by atoms with E-state index in [0.29, 0.717) is 26.2 Å². The highest BCUT2D eigenvalue weighted by Gasteiger charge is 2.23. The summed E-state index contributed by atoms with van der Waals surface area (Å²) in [7, 11) is 1.63. The molecule has 0 aromatic heterocycles. The van der Waals surface area contributed by atoms with Gasteiger partial charge in [0.2, 0.25) is 6.79 Å². The molecule has 9 heteroatoms. The highest BCUT2D eigenvalue weighted by atomic mass is 32.1. The summed E-state index contributed by atoms with van der Waals surface area (Å²) in [5.74, 6) is 1.63. The Morgan fingerprint density at radius 1 is 1.26 bits per heavy atom. The van der Waals surface area contributed by atoms with E-state index < -0.39 is 0 Å². The molecule has 8 nitrogen and oxygen atoms in total. The number of piperazine rings is 1. The zero-order valence-corrected chi connectivity index (χ0v) is 16.4. The lowest BCUT2D eigenvalue weighted by Gasteiger charge is -2.33. The Morgan fingerprint density at radius 3 is 2.81 bits per heavy atom. The minimum atomic E-state index is 0.0685. The molecule has 3 N–H and O–H groups in total. The van der Waals surface area contributed by atoms with Crippen molar-refractivity contribution in [1.29, 1.82) is 0 Å². The number of carbonyl (C=O) groups is 1. The fourth-order valence-corrected chi connectivity index (χ4v) is 3.38. The van der Waals surface area contributed by atoms with E-state index in [9.17, 15) is 4.79 Å². The summed E-state index contributed by atoms with van der Waals surface area (Å²) < 4.78 is 15.7. The first-order valence-corrected chi connectivity index (χ1v) is 9.57. The number of fused-ring (bicyclic) bond motifs is 1. The fraction of sp³-hybridized carbons (Fsp3) is 0.556. The van der Waals surface area contributed by atoms with Crippen molar-refractivity contribution in [2.24, 2.45) is 0 Å². The second kappa shape index (κ2) is 9.72. The Balaban J connectivity index is 1.36. The van der Waals surface area contributed by atoms with Crippen molar-refractivity contribution in [3.8, 4) is 11.5 Å². The molecule has 0 unspecified atom stereocenters. The second-order valence-corrected chi connectivity index (χ2v) is 6.99. The van der Waals surface area contributed by atoms with Crippen LogP contribution in [0, 0.1) is 0 Å². The van der Waals surface area contributed by atoms with Crippen molar-refractivity contribution in [1.82, 2.24) is 15.5 Å². The second-order valence-electron chi connectivity index (χ2n) is 6.60. The summed E-state index contributed by atoms with van der Waals surface area (Å²) in [5, 5.41) is 6.92. The first-order chi connectivity index (χ1) is 13.2. The van der Waals surface area contributed by atoms with E-state index in [2.05, 4.69) is 15.5 Å². The molecule has 0 bridgehead atoms. The van der Waals surface area contributed by atoms with Gasteiger partial charge in [-0.25, -0.2) is 0 Å². The van der Waals surface area contributed by atoms with Gasteiger partial charge in [-0.15, -0.1) is 0 Å². The molecule has 0 radical (unpaired) electrons. The van der Waals surface area contributed by atoms with Gasteiger partial charge < -0.3 is 34.6 Å². The monoisotopic (exact) mass is 395 g/mol. The Bertz CT molecular complexity index is 665. The van der Waals surface area contributed by atoms with E-state index in [1.54, 1.807) is 7.11 Å². The number of hydrogen-bond acceptors (Lipinski definition) is 5. The number of methoxy groups -OCH3 is 1. The summed E-state index contributed by atoms with van der Waals surface area (Å²) in [6, 6.07) is 5.90. The smallest absolute Gasteiger partial charge is 0.275 e. The van der Waals surface area contributed by atoms with Gasteiger partial charge in [-0.05, 0) is 29.9 Å². The molecular weight excluding hydrogens is 368 g/mol. The highest BCUT2D eigenvalue weighted by Crippen LogP contribution is 2.32. The van der Waals surface area contributed by atoms with Gasteiger partial charge in [0.05, 0.1) is 32.8 Å². The van der Waals surface area contributed by atoms with E-state index in [1.807, 2.05) is 18.2 Å². The van der Waals surface area contributed by atoms with E-state index in [-0.39, 0.29) is 12.7 Å². The number of carbonyl (C=O) groups excluding carboxylic acids is 1. The molecule has 2 heterocycles. The van der Waals surface area contributed by atoms with Crippen LogP contribution >= 0.6 is 12.2 Å². The normalized spacial score (nSPS) is 16.3. The standard InChI is InChI=1S/C18H26N4O4S/c1-24-9-4-19-17(23)12-21-5-7-22(8-6-21)18(27)20-11-14-2-3-15-16(10-14)26-13-25-15/h2-3,10H,4-9,11-13H2,1H3,(H,19,23)(H,20,27)/p+1.